The minimum absolute atomic E-state index is 0.00675. The quantitative estimate of drug-likeness (QED) is 0.657. The van der Waals surface area contributed by atoms with Gasteiger partial charge in [-0.2, -0.15) is 0 Å². The van der Waals surface area contributed by atoms with Gasteiger partial charge in [-0.15, -0.1) is 0 Å². The summed E-state index contributed by atoms with van der Waals surface area (Å²) in [5.74, 6) is -1.19. The third kappa shape index (κ3) is 3.02. The molecule has 2 heterocycles. The molecule has 7 heteroatoms. The largest absolute Gasteiger partial charge is 0.504 e. The fraction of sp³-hybridized carbons (Fsp3) is 0.167. The molecular weight excluding hydrogens is 396 g/mol. The van der Waals surface area contributed by atoms with Crippen LogP contribution in [0.2, 0.25) is 0 Å². The average Bonchev–Trinajstić information content (AvgIpc) is 3.31. The number of imide groups is 1. The molecule has 2 aliphatic heterocycles. The number of phenols is 1. The van der Waals surface area contributed by atoms with Gasteiger partial charge in [-0.3, -0.25) is 14.4 Å². The lowest BCUT2D eigenvalue weighted by Crippen LogP contribution is -2.37. The SMILES string of the molecule is COc1cc([C@H]2[C@H]3C(=O)N(c4ccccc4)C(=O)[C@@H]3ON2c2ccccc2)ccc1O. The molecule has 2 amide bonds. The van der Waals surface area contributed by atoms with Gasteiger partial charge in [0.15, 0.2) is 17.6 Å². The minimum atomic E-state index is -0.947. The van der Waals surface area contributed by atoms with E-state index in [-0.39, 0.29) is 17.4 Å². The van der Waals surface area contributed by atoms with Gasteiger partial charge in [0.05, 0.1) is 24.5 Å². The van der Waals surface area contributed by atoms with Crippen molar-refractivity contribution in [3.05, 3.63) is 84.4 Å². The van der Waals surface area contributed by atoms with Crippen molar-refractivity contribution in [2.75, 3.05) is 17.1 Å². The van der Waals surface area contributed by atoms with Crippen LogP contribution in [0.4, 0.5) is 11.4 Å². The number of anilines is 2. The third-order valence-corrected chi connectivity index (χ3v) is 5.69. The molecule has 2 saturated heterocycles. The Bertz CT molecular complexity index is 1140. The standard InChI is InChI=1S/C24H20N2O5/c1-30-19-14-15(12-13-18(19)27)21-20-22(31-26(21)17-10-6-3-7-11-17)24(29)25(23(20)28)16-8-4-2-5-9-16/h2-14,20-22,27H,1H3/t20-,21+,22-/m1/s1. The van der Waals surface area contributed by atoms with Crippen molar-refractivity contribution in [3.8, 4) is 11.5 Å². The average molecular weight is 416 g/mol. The Kier molecular flexibility index (Phi) is 4.60. The zero-order valence-corrected chi connectivity index (χ0v) is 16.7. The lowest BCUT2D eigenvalue weighted by molar-refractivity contribution is -0.126. The van der Waals surface area contributed by atoms with E-state index < -0.39 is 24.0 Å². The number of para-hydroxylation sites is 2. The summed E-state index contributed by atoms with van der Waals surface area (Å²) in [6.45, 7) is 0. The van der Waals surface area contributed by atoms with E-state index in [2.05, 4.69) is 0 Å². The van der Waals surface area contributed by atoms with Gasteiger partial charge in [0.25, 0.3) is 5.91 Å². The van der Waals surface area contributed by atoms with Crippen LogP contribution in [0.25, 0.3) is 0 Å². The molecule has 0 bridgehead atoms. The van der Waals surface area contributed by atoms with Gasteiger partial charge in [-0.05, 0) is 42.0 Å². The summed E-state index contributed by atoms with van der Waals surface area (Å²) in [5.41, 5.74) is 1.94. The first-order valence-corrected chi connectivity index (χ1v) is 9.91. The molecule has 0 aromatic heterocycles. The van der Waals surface area contributed by atoms with E-state index in [1.807, 2.05) is 36.4 Å². The zero-order chi connectivity index (χ0) is 21.5. The maximum Gasteiger partial charge on any atom is 0.266 e. The summed E-state index contributed by atoms with van der Waals surface area (Å²) >= 11 is 0. The Balaban J connectivity index is 1.61. The van der Waals surface area contributed by atoms with Gasteiger partial charge < -0.3 is 9.84 Å². The van der Waals surface area contributed by atoms with E-state index in [4.69, 9.17) is 9.57 Å². The summed E-state index contributed by atoms with van der Waals surface area (Å²) in [7, 11) is 1.46. The molecule has 2 fully saturated rings. The van der Waals surface area contributed by atoms with Gasteiger partial charge >= 0.3 is 0 Å². The highest BCUT2D eigenvalue weighted by Gasteiger charge is 2.60. The molecule has 3 atom stereocenters. The topological polar surface area (TPSA) is 79.3 Å². The second-order valence-corrected chi connectivity index (χ2v) is 7.44. The lowest BCUT2D eigenvalue weighted by Gasteiger charge is -2.29. The number of methoxy groups -OCH3 is 1. The molecule has 3 aromatic carbocycles. The summed E-state index contributed by atoms with van der Waals surface area (Å²) in [6.07, 6.45) is -0.947. The number of fused-ring (bicyclic) bond motifs is 1. The van der Waals surface area contributed by atoms with Crippen molar-refractivity contribution in [2.24, 2.45) is 5.92 Å². The van der Waals surface area contributed by atoms with Gasteiger partial charge in [0.1, 0.15) is 5.92 Å². The monoisotopic (exact) mass is 416 g/mol. The first-order valence-electron chi connectivity index (χ1n) is 9.91. The number of hydroxylamine groups is 1. The van der Waals surface area contributed by atoms with Crippen molar-refractivity contribution in [3.63, 3.8) is 0 Å². The molecular formula is C24H20N2O5. The number of phenolic OH excluding ortho intramolecular Hbond substituents is 1. The molecule has 2 aliphatic rings. The number of hydrogen-bond acceptors (Lipinski definition) is 6. The molecule has 0 spiro atoms. The van der Waals surface area contributed by atoms with Crippen molar-refractivity contribution in [1.29, 1.82) is 0 Å². The van der Waals surface area contributed by atoms with E-state index in [1.165, 1.54) is 18.1 Å². The van der Waals surface area contributed by atoms with Crippen molar-refractivity contribution >= 4 is 23.2 Å². The summed E-state index contributed by atoms with van der Waals surface area (Å²) in [4.78, 5) is 34.0. The molecule has 0 radical (unpaired) electrons. The summed E-state index contributed by atoms with van der Waals surface area (Å²) in [5, 5.41) is 11.6. The Morgan fingerprint density at radius 3 is 2.16 bits per heavy atom. The Morgan fingerprint density at radius 1 is 0.871 bits per heavy atom. The van der Waals surface area contributed by atoms with Gasteiger partial charge in [0.2, 0.25) is 5.91 Å². The van der Waals surface area contributed by atoms with Gasteiger partial charge in [-0.1, -0.05) is 42.5 Å². The molecule has 3 aromatic rings. The Labute approximate surface area is 179 Å². The van der Waals surface area contributed by atoms with Crippen molar-refractivity contribution in [2.45, 2.75) is 12.1 Å². The van der Waals surface area contributed by atoms with E-state index in [1.54, 1.807) is 41.5 Å². The highest BCUT2D eigenvalue weighted by atomic mass is 16.7. The molecule has 0 saturated carbocycles. The fourth-order valence-electron chi connectivity index (χ4n) is 4.26. The van der Waals surface area contributed by atoms with E-state index in [0.29, 0.717) is 11.3 Å². The number of amides is 2. The van der Waals surface area contributed by atoms with E-state index in [9.17, 15) is 14.7 Å². The highest BCUT2D eigenvalue weighted by molar-refractivity contribution is 6.23. The van der Waals surface area contributed by atoms with Crippen LogP contribution < -0.4 is 14.7 Å². The minimum Gasteiger partial charge on any atom is -0.504 e. The maximum absolute atomic E-state index is 13.5. The first kappa shape index (κ1) is 19.1. The number of ether oxygens (including phenoxy) is 1. The molecule has 31 heavy (non-hydrogen) atoms. The normalized spacial score (nSPS) is 22.7. The summed E-state index contributed by atoms with van der Waals surface area (Å²) < 4.78 is 5.26. The van der Waals surface area contributed by atoms with Crippen molar-refractivity contribution < 1.29 is 24.3 Å². The number of hydrogen-bond donors (Lipinski definition) is 1. The predicted molar refractivity (Wildman–Crippen MR) is 114 cm³/mol. The van der Waals surface area contributed by atoms with Crippen molar-refractivity contribution in [1.82, 2.24) is 0 Å². The second-order valence-electron chi connectivity index (χ2n) is 7.44. The van der Waals surface area contributed by atoms with Crippen LogP contribution in [0.1, 0.15) is 11.6 Å². The van der Waals surface area contributed by atoms with Gasteiger partial charge in [-0.25, -0.2) is 9.96 Å². The fourth-order valence-corrected chi connectivity index (χ4v) is 4.26. The van der Waals surface area contributed by atoms with Crippen LogP contribution >= 0.6 is 0 Å². The first-order chi connectivity index (χ1) is 15.1. The highest BCUT2D eigenvalue weighted by Crippen LogP contribution is 2.48. The molecule has 1 N–H and O–H groups in total. The number of nitrogens with zero attached hydrogens (tertiary/aromatic N) is 2. The van der Waals surface area contributed by atoms with Gasteiger partial charge in [0, 0.05) is 0 Å². The number of rotatable bonds is 4. The molecule has 7 nitrogen and oxygen atoms in total. The second kappa shape index (κ2) is 7.45. The Hall–Kier alpha value is -3.84. The lowest BCUT2D eigenvalue weighted by atomic mass is 9.90. The van der Waals surface area contributed by atoms with Crippen LogP contribution in [0.15, 0.2) is 78.9 Å². The van der Waals surface area contributed by atoms with Crippen LogP contribution in [-0.2, 0) is 14.4 Å². The molecule has 0 unspecified atom stereocenters. The Morgan fingerprint density at radius 2 is 1.52 bits per heavy atom. The number of aromatic hydroxyl groups is 1. The van der Waals surface area contributed by atoms with Crippen LogP contribution in [-0.4, -0.2) is 30.1 Å². The maximum atomic E-state index is 13.5. The molecule has 156 valence electrons. The number of benzene rings is 3. The zero-order valence-electron chi connectivity index (χ0n) is 16.7. The van der Waals surface area contributed by atoms with Crippen LogP contribution in [0, 0.1) is 5.92 Å². The molecule has 0 aliphatic carbocycles. The third-order valence-electron chi connectivity index (χ3n) is 5.69. The smallest absolute Gasteiger partial charge is 0.266 e. The number of carbonyl (C=O) groups is 2. The summed E-state index contributed by atoms with van der Waals surface area (Å²) in [6, 6.07) is 22.5. The molecule has 5 rings (SSSR count). The van der Waals surface area contributed by atoms with Crippen LogP contribution in [0.3, 0.4) is 0 Å². The van der Waals surface area contributed by atoms with E-state index >= 15 is 0 Å². The van der Waals surface area contributed by atoms with E-state index in [0.717, 1.165) is 5.69 Å². The van der Waals surface area contributed by atoms with Crippen LogP contribution in [0.5, 0.6) is 11.5 Å². The predicted octanol–water partition coefficient (Wildman–Crippen LogP) is 3.45. The number of carbonyl (C=O) groups excluding carboxylic acids is 2.